The Hall–Kier alpha value is -5.38. The number of unbranched alkanes of at least 4 members (excludes halogenated alkanes) is 10. The van der Waals surface area contributed by atoms with Gasteiger partial charge < -0.3 is 41.5 Å². The number of rotatable bonds is 36. The zero-order valence-electron chi connectivity index (χ0n) is 33.8. The van der Waals surface area contributed by atoms with Crippen molar-refractivity contribution in [2.24, 2.45) is 5.11 Å². The van der Waals surface area contributed by atoms with Gasteiger partial charge in [-0.2, -0.15) is 0 Å². The molecule has 0 heterocycles. The molecule has 58 heavy (non-hydrogen) atoms. The largest absolute Gasteiger partial charge is 0.492 e. The van der Waals surface area contributed by atoms with Crippen LogP contribution < -0.4 is 31.3 Å². The van der Waals surface area contributed by atoms with Crippen molar-refractivity contribution in [3.8, 4) is 5.75 Å². The molecule has 0 unspecified atom stereocenters. The molecule has 0 aliphatic rings. The maximum absolute atomic E-state index is 13.1. The molecule has 18 heteroatoms. The summed E-state index contributed by atoms with van der Waals surface area (Å²) >= 11 is 0. The highest BCUT2D eigenvalue weighted by Gasteiger charge is 2.14. The highest BCUT2D eigenvalue weighted by atomic mass is 16.5. The van der Waals surface area contributed by atoms with Gasteiger partial charge in [0.15, 0.2) is 0 Å². The van der Waals surface area contributed by atoms with Crippen molar-refractivity contribution in [3.05, 3.63) is 39.8 Å². The lowest BCUT2D eigenvalue weighted by Gasteiger charge is -2.13. The van der Waals surface area contributed by atoms with Gasteiger partial charge in [0, 0.05) is 80.9 Å². The smallest absolute Gasteiger partial charge is 0.303 e. The highest BCUT2D eigenvalue weighted by Crippen LogP contribution is 2.18. The fraction of sp³-hybridized carbons (Fsp3) is 0.675. The van der Waals surface area contributed by atoms with Gasteiger partial charge in [0.1, 0.15) is 12.4 Å². The van der Waals surface area contributed by atoms with Crippen LogP contribution in [0.5, 0.6) is 5.75 Å². The normalized spacial score (nSPS) is 10.5. The van der Waals surface area contributed by atoms with Crippen LogP contribution in [0.25, 0.3) is 10.4 Å². The lowest BCUT2D eigenvalue weighted by molar-refractivity contribution is -0.138. The summed E-state index contributed by atoms with van der Waals surface area (Å²) < 4.78 is 5.84. The maximum atomic E-state index is 13.1. The van der Waals surface area contributed by atoms with Crippen molar-refractivity contribution >= 4 is 41.5 Å². The predicted molar refractivity (Wildman–Crippen MR) is 217 cm³/mol. The molecule has 1 rings (SSSR count). The number of aliphatic carboxylic acids is 2. The van der Waals surface area contributed by atoms with Crippen LogP contribution in [0, 0.1) is 0 Å². The number of nitrogens with zero attached hydrogens (tertiary/aromatic N) is 3. The van der Waals surface area contributed by atoms with Crippen LogP contribution in [-0.4, -0.2) is 97.6 Å². The zero-order valence-corrected chi connectivity index (χ0v) is 33.8. The molecule has 0 radical (unpaired) electrons. The third-order valence-electron chi connectivity index (χ3n) is 8.86. The Morgan fingerprint density at radius 1 is 0.500 bits per heavy atom. The van der Waals surface area contributed by atoms with E-state index in [2.05, 4.69) is 36.6 Å². The van der Waals surface area contributed by atoms with Crippen molar-refractivity contribution < 1.29 is 48.5 Å². The standard InChI is InChI=1S/C40H64N8O10/c41-48-47-25-15-3-8-18-36(51)44-26-27-58-33-29-31(39(56)45-23-13-1-6-16-34(49)42-21-11-4-9-19-37(52)53)28-32(30-33)40(57)46-24-14-2-7-17-35(50)43-22-12-5-10-20-38(54)55/h28-30H,1-27H2,(H,42,49)(H,43,50)(H,44,51)(H,45,56)(H,46,57)(H,52,53)(H,54,55). The van der Waals surface area contributed by atoms with Crippen LogP contribution in [0.3, 0.4) is 0 Å². The Kier molecular flexibility index (Phi) is 29.5. The number of carbonyl (C=O) groups is 7. The zero-order chi connectivity index (χ0) is 42.6. The predicted octanol–water partition coefficient (Wildman–Crippen LogP) is 5.16. The molecule has 0 bridgehead atoms. The molecule has 1 aromatic carbocycles. The van der Waals surface area contributed by atoms with E-state index in [1.807, 2.05) is 0 Å². The van der Waals surface area contributed by atoms with Crippen molar-refractivity contribution in [1.29, 1.82) is 0 Å². The van der Waals surface area contributed by atoms with Gasteiger partial charge in [-0.05, 0) is 87.9 Å². The molecule has 18 nitrogen and oxygen atoms in total. The molecule has 0 atom stereocenters. The molecule has 0 fully saturated rings. The van der Waals surface area contributed by atoms with Gasteiger partial charge in [-0.1, -0.05) is 37.2 Å². The van der Waals surface area contributed by atoms with Crippen LogP contribution in [0.4, 0.5) is 0 Å². The number of azide groups is 1. The molecule has 5 amide bonds. The molecule has 0 saturated heterocycles. The van der Waals surface area contributed by atoms with Crippen LogP contribution in [-0.2, 0) is 24.0 Å². The first-order chi connectivity index (χ1) is 28.0. The molecule has 0 aliphatic carbocycles. The summed E-state index contributed by atoms with van der Waals surface area (Å²) in [7, 11) is 0. The fourth-order valence-electron chi connectivity index (χ4n) is 5.65. The average molecular weight is 817 g/mol. The van der Waals surface area contributed by atoms with Gasteiger partial charge in [-0.15, -0.1) is 0 Å². The number of hydrogen-bond donors (Lipinski definition) is 7. The monoisotopic (exact) mass is 816 g/mol. The van der Waals surface area contributed by atoms with E-state index in [-0.39, 0.29) is 60.6 Å². The fourth-order valence-corrected chi connectivity index (χ4v) is 5.65. The first kappa shape index (κ1) is 50.6. The second-order valence-corrected chi connectivity index (χ2v) is 14.0. The topological polar surface area (TPSA) is 278 Å². The van der Waals surface area contributed by atoms with Gasteiger partial charge in [0.2, 0.25) is 17.7 Å². The number of benzene rings is 1. The summed E-state index contributed by atoms with van der Waals surface area (Å²) in [4.78, 5) is 86.4. The highest BCUT2D eigenvalue weighted by molar-refractivity contribution is 6.00. The van der Waals surface area contributed by atoms with Gasteiger partial charge >= 0.3 is 11.9 Å². The summed E-state index contributed by atoms with van der Waals surface area (Å²) in [5.74, 6) is -2.43. The summed E-state index contributed by atoms with van der Waals surface area (Å²) in [5, 5.41) is 35.0. The second kappa shape index (κ2) is 33.7. The first-order valence-corrected chi connectivity index (χ1v) is 20.6. The van der Waals surface area contributed by atoms with Crippen molar-refractivity contribution in [2.45, 2.75) is 128 Å². The number of carboxylic acid groups (broad SMARTS) is 2. The van der Waals surface area contributed by atoms with Gasteiger partial charge in [0.05, 0.1) is 6.54 Å². The van der Waals surface area contributed by atoms with E-state index in [0.717, 1.165) is 32.1 Å². The van der Waals surface area contributed by atoms with Crippen LogP contribution in [0.2, 0.25) is 0 Å². The van der Waals surface area contributed by atoms with E-state index in [1.165, 1.54) is 18.2 Å². The third-order valence-corrected chi connectivity index (χ3v) is 8.86. The number of ether oxygens (including phenoxy) is 1. The van der Waals surface area contributed by atoms with Gasteiger partial charge in [-0.25, -0.2) is 0 Å². The molecule has 0 saturated carbocycles. The maximum Gasteiger partial charge on any atom is 0.303 e. The van der Waals surface area contributed by atoms with Crippen LogP contribution >= 0.6 is 0 Å². The minimum Gasteiger partial charge on any atom is -0.492 e. The SMILES string of the molecule is [N-]=[N+]=NCCCCCC(=O)NCCOc1cc(C(=O)NCCCCCC(=O)NCCCCCC(=O)O)cc(C(=O)NCCCCCC(=O)NCCCCCC(=O)O)c1. The van der Waals surface area contributed by atoms with E-state index < -0.39 is 23.8 Å². The Labute approximate surface area is 341 Å². The second-order valence-electron chi connectivity index (χ2n) is 14.0. The van der Waals surface area contributed by atoms with E-state index in [4.69, 9.17) is 20.5 Å². The average Bonchev–Trinajstić information content (AvgIpc) is 3.19. The summed E-state index contributed by atoms with van der Waals surface area (Å²) in [6.45, 7) is 2.45. The third kappa shape index (κ3) is 28.9. The van der Waals surface area contributed by atoms with Crippen molar-refractivity contribution in [1.82, 2.24) is 26.6 Å². The lowest BCUT2D eigenvalue weighted by atomic mass is 10.1. The Balaban J connectivity index is 2.57. The number of amides is 5. The lowest BCUT2D eigenvalue weighted by Crippen LogP contribution is -2.28. The molecule has 324 valence electrons. The Morgan fingerprint density at radius 3 is 1.29 bits per heavy atom. The van der Waals surface area contributed by atoms with Crippen molar-refractivity contribution in [2.75, 3.05) is 45.9 Å². The summed E-state index contributed by atoms with van der Waals surface area (Å²) in [6, 6.07) is 4.55. The Bertz CT molecular complexity index is 1390. The number of carboxylic acids is 2. The number of carbonyl (C=O) groups excluding carboxylic acids is 5. The van der Waals surface area contributed by atoms with Crippen LogP contribution in [0.1, 0.15) is 149 Å². The quantitative estimate of drug-likeness (QED) is 0.0202. The molecular weight excluding hydrogens is 752 g/mol. The minimum atomic E-state index is -0.823. The Morgan fingerprint density at radius 2 is 0.879 bits per heavy atom. The number of hydrogen-bond acceptors (Lipinski definition) is 9. The molecular formula is C40H64N8O10. The van der Waals surface area contributed by atoms with Gasteiger partial charge in [-0.3, -0.25) is 33.6 Å². The summed E-state index contributed by atoms with van der Waals surface area (Å²) in [5.41, 5.74) is 8.79. The molecule has 0 aliphatic heterocycles. The van der Waals surface area contributed by atoms with Crippen LogP contribution in [0.15, 0.2) is 23.3 Å². The first-order valence-electron chi connectivity index (χ1n) is 20.6. The van der Waals surface area contributed by atoms with Gasteiger partial charge in [0.25, 0.3) is 11.8 Å². The molecule has 7 N–H and O–H groups in total. The number of nitrogens with one attached hydrogen (secondary N) is 5. The van der Waals surface area contributed by atoms with E-state index in [0.29, 0.717) is 116 Å². The summed E-state index contributed by atoms with van der Waals surface area (Å²) in [6.07, 6.45) is 11.5. The van der Waals surface area contributed by atoms with E-state index in [9.17, 15) is 33.6 Å². The minimum absolute atomic E-state index is 0.0644. The van der Waals surface area contributed by atoms with E-state index in [1.54, 1.807) is 0 Å². The molecule has 0 aromatic heterocycles. The van der Waals surface area contributed by atoms with E-state index >= 15 is 0 Å². The van der Waals surface area contributed by atoms with Crippen molar-refractivity contribution in [3.63, 3.8) is 0 Å². The molecule has 1 aromatic rings. The molecule has 0 spiro atoms.